The van der Waals surface area contributed by atoms with E-state index in [1.807, 2.05) is 26.8 Å². The third kappa shape index (κ3) is 4.91. The van der Waals surface area contributed by atoms with Gasteiger partial charge in [0.15, 0.2) is 11.5 Å². The number of nitrogens with zero attached hydrogens (tertiary/aromatic N) is 1. The Labute approximate surface area is 211 Å². The van der Waals surface area contributed by atoms with Crippen molar-refractivity contribution in [2.24, 2.45) is 0 Å². The molecule has 1 saturated heterocycles. The lowest BCUT2D eigenvalue weighted by atomic mass is 9.94. The lowest BCUT2D eigenvalue weighted by Gasteiger charge is -2.26. The maximum atomic E-state index is 13.3. The van der Waals surface area contributed by atoms with Gasteiger partial charge < -0.3 is 29.0 Å². The van der Waals surface area contributed by atoms with E-state index in [2.05, 4.69) is 0 Å². The van der Waals surface area contributed by atoms with E-state index in [0.29, 0.717) is 48.6 Å². The monoisotopic (exact) mass is 495 g/mol. The molecule has 4 rings (SSSR count). The first-order chi connectivity index (χ1) is 17.2. The van der Waals surface area contributed by atoms with Gasteiger partial charge in [-0.05, 0) is 68.7 Å². The van der Waals surface area contributed by atoms with Gasteiger partial charge in [0.25, 0.3) is 11.7 Å². The maximum absolute atomic E-state index is 13.3. The van der Waals surface area contributed by atoms with E-state index >= 15 is 0 Å². The van der Waals surface area contributed by atoms with Crippen molar-refractivity contribution in [2.45, 2.75) is 51.9 Å². The zero-order chi connectivity index (χ0) is 26.0. The summed E-state index contributed by atoms with van der Waals surface area (Å²) in [5, 5.41) is 11.4. The van der Waals surface area contributed by atoms with Gasteiger partial charge >= 0.3 is 0 Å². The van der Waals surface area contributed by atoms with Crippen molar-refractivity contribution in [3.63, 3.8) is 0 Å². The molecule has 1 amide bonds. The highest BCUT2D eigenvalue weighted by atomic mass is 16.5. The predicted octanol–water partition coefficient (Wildman–Crippen LogP) is 4.26. The van der Waals surface area contributed by atoms with Crippen LogP contribution in [0.5, 0.6) is 17.2 Å². The van der Waals surface area contributed by atoms with Crippen molar-refractivity contribution >= 4 is 17.4 Å². The Kier molecular flexibility index (Phi) is 7.54. The highest BCUT2D eigenvalue weighted by Gasteiger charge is 2.46. The van der Waals surface area contributed by atoms with Gasteiger partial charge in [-0.15, -0.1) is 0 Å². The molecule has 2 atom stereocenters. The average Bonchev–Trinajstić information content (AvgIpc) is 3.36. The number of fused-ring (bicyclic) bond motifs is 1. The number of Topliss-reactive ketones (excluding diaryl/α,β-unsaturated/α-hetero) is 1. The van der Waals surface area contributed by atoms with Crippen LogP contribution < -0.4 is 14.2 Å². The van der Waals surface area contributed by atoms with Crippen LogP contribution in [-0.4, -0.2) is 61.3 Å². The summed E-state index contributed by atoms with van der Waals surface area (Å²) in [4.78, 5) is 28.0. The molecule has 2 aliphatic heterocycles. The van der Waals surface area contributed by atoms with Crippen LogP contribution in [0.2, 0.25) is 0 Å². The highest BCUT2D eigenvalue weighted by Crippen LogP contribution is 2.42. The summed E-state index contributed by atoms with van der Waals surface area (Å²) in [7, 11) is 3.06. The lowest BCUT2D eigenvalue weighted by molar-refractivity contribution is -0.140. The Bertz CT molecular complexity index is 1190. The van der Waals surface area contributed by atoms with Gasteiger partial charge in [-0.25, -0.2) is 0 Å². The average molecular weight is 496 g/mol. The molecular formula is C28H33NO7. The molecule has 0 aliphatic carbocycles. The molecular weight excluding hydrogens is 462 g/mol. The molecule has 2 aliphatic rings. The molecule has 0 radical (unpaired) electrons. The van der Waals surface area contributed by atoms with Gasteiger partial charge in [0, 0.05) is 25.1 Å². The number of likely N-dealkylation sites (tertiary alicyclic amines) is 1. The van der Waals surface area contributed by atoms with E-state index in [9.17, 15) is 14.7 Å². The number of amides is 1. The van der Waals surface area contributed by atoms with Gasteiger partial charge in [-0.1, -0.05) is 6.07 Å². The standard InChI is InChI=1S/C28H33NO7/c1-16(2)35-12-6-11-29-25(18-7-10-22(33-4)23(15-18)34-5)24(27(31)28(29)32)26(30)19-8-9-21-20(14-19)13-17(3)36-21/h7-10,14-17,25,30H,6,11-13H2,1-5H3/b26-24+. The topological polar surface area (TPSA) is 94.5 Å². The second-order valence-electron chi connectivity index (χ2n) is 9.34. The first kappa shape index (κ1) is 25.6. The third-order valence-electron chi connectivity index (χ3n) is 6.43. The number of ether oxygens (including phenoxy) is 4. The molecule has 36 heavy (non-hydrogen) atoms. The smallest absolute Gasteiger partial charge is 0.295 e. The van der Waals surface area contributed by atoms with Crippen molar-refractivity contribution in [3.8, 4) is 17.2 Å². The molecule has 8 heteroatoms. The normalized spacial score (nSPS) is 20.6. The van der Waals surface area contributed by atoms with Gasteiger partial charge in [-0.2, -0.15) is 0 Å². The van der Waals surface area contributed by atoms with Crippen molar-refractivity contribution < 1.29 is 33.6 Å². The van der Waals surface area contributed by atoms with Crippen LogP contribution in [0.3, 0.4) is 0 Å². The van der Waals surface area contributed by atoms with Gasteiger partial charge in [0.05, 0.1) is 31.9 Å². The number of benzene rings is 2. The largest absolute Gasteiger partial charge is 0.507 e. The number of hydrogen-bond acceptors (Lipinski definition) is 7. The second-order valence-corrected chi connectivity index (χ2v) is 9.34. The van der Waals surface area contributed by atoms with Crippen molar-refractivity contribution in [2.75, 3.05) is 27.4 Å². The van der Waals surface area contributed by atoms with E-state index in [4.69, 9.17) is 18.9 Å². The zero-order valence-electron chi connectivity index (χ0n) is 21.4. The summed E-state index contributed by atoms with van der Waals surface area (Å²) >= 11 is 0. The van der Waals surface area contributed by atoms with Crippen molar-refractivity contribution in [3.05, 3.63) is 58.7 Å². The predicted molar refractivity (Wildman–Crippen MR) is 134 cm³/mol. The molecule has 2 heterocycles. The van der Waals surface area contributed by atoms with E-state index in [0.717, 1.165) is 11.3 Å². The minimum Gasteiger partial charge on any atom is -0.507 e. The van der Waals surface area contributed by atoms with Crippen LogP contribution in [0, 0.1) is 0 Å². The van der Waals surface area contributed by atoms with Crippen LogP contribution in [0.15, 0.2) is 42.0 Å². The fraction of sp³-hybridized carbons (Fsp3) is 0.429. The fourth-order valence-corrected chi connectivity index (χ4v) is 4.76. The maximum Gasteiger partial charge on any atom is 0.295 e. The van der Waals surface area contributed by atoms with Crippen LogP contribution in [0.4, 0.5) is 0 Å². The molecule has 0 aromatic heterocycles. The van der Waals surface area contributed by atoms with Gasteiger partial charge in [0.1, 0.15) is 17.6 Å². The summed E-state index contributed by atoms with van der Waals surface area (Å²) in [5.74, 6) is 0.169. The first-order valence-corrected chi connectivity index (χ1v) is 12.2. The Morgan fingerprint density at radius 3 is 2.56 bits per heavy atom. The lowest BCUT2D eigenvalue weighted by Crippen LogP contribution is -2.31. The quantitative estimate of drug-likeness (QED) is 0.240. The van der Waals surface area contributed by atoms with E-state index in [-0.39, 0.29) is 23.5 Å². The van der Waals surface area contributed by atoms with E-state index < -0.39 is 17.7 Å². The molecule has 0 saturated carbocycles. The minimum atomic E-state index is -0.785. The minimum absolute atomic E-state index is 0.0443. The summed E-state index contributed by atoms with van der Waals surface area (Å²) < 4.78 is 22.2. The Balaban J connectivity index is 1.78. The number of methoxy groups -OCH3 is 2. The van der Waals surface area contributed by atoms with Gasteiger partial charge in [-0.3, -0.25) is 9.59 Å². The number of ketones is 1. The molecule has 1 fully saturated rings. The number of carbonyl (C=O) groups excluding carboxylic acids is 2. The SMILES string of the molecule is COc1ccc(C2/C(=C(\O)c3ccc4c(c3)CC(C)O4)C(=O)C(=O)N2CCCOC(C)C)cc1OC. The van der Waals surface area contributed by atoms with Crippen LogP contribution >= 0.6 is 0 Å². The molecule has 2 aromatic rings. The molecule has 0 spiro atoms. The number of carbonyl (C=O) groups is 2. The van der Waals surface area contributed by atoms with Crippen molar-refractivity contribution in [1.82, 2.24) is 4.90 Å². The van der Waals surface area contributed by atoms with E-state index in [1.165, 1.54) is 19.1 Å². The molecule has 2 unspecified atom stereocenters. The van der Waals surface area contributed by atoms with Gasteiger partial charge in [0.2, 0.25) is 0 Å². The molecule has 192 valence electrons. The van der Waals surface area contributed by atoms with E-state index in [1.54, 1.807) is 30.3 Å². The fourth-order valence-electron chi connectivity index (χ4n) is 4.76. The number of rotatable bonds is 9. The first-order valence-electron chi connectivity index (χ1n) is 12.2. The van der Waals surface area contributed by atoms with Crippen LogP contribution in [0.25, 0.3) is 5.76 Å². The van der Waals surface area contributed by atoms with Crippen LogP contribution in [-0.2, 0) is 20.7 Å². The number of aliphatic hydroxyl groups excluding tert-OH is 1. The summed E-state index contributed by atoms with van der Waals surface area (Å²) in [6, 6.07) is 9.78. The molecule has 8 nitrogen and oxygen atoms in total. The van der Waals surface area contributed by atoms with Crippen molar-refractivity contribution in [1.29, 1.82) is 0 Å². The summed E-state index contributed by atoms with van der Waals surface area (Å²) in [6.45, 7) is 6.60. The van der Waals surface area contributed by atoms with Crippen LogP contribution in [0.1, 0.15) is 49.9 Å². The molecule has 1 N–H and O–H groups in total. The zero-order valence-corrected chi connectivity index (χ0v) is 21.4. The molecule has 2 aromatic carbocycles. The Morgan fingerprint density at radius 1 is 1.11 bits per heavy atom. The second kappa shape index (κ2) is 10.6. The number of hydrogen-bond donors (Lipinski definition) is 1. The highest BCUT2D eigenvalue weighted by molar-refractivity contribution is 6.46. The number of aliphatic hydroxyl groups is 1. The summed E-state index contributed by atoms with van der Waals surface area (Å²) in [6.07, 6.45) is 1.36. The molecule has 0 bridgehead atoms. The Morgan fingerprint density at radius 2 is 1.86 bits per heavy atom. The Hall–Kier alpha value is -3.52. The summed E-state index contributed by atoms with van der Waals surface area (Å²) in [5.41, 5.74) is 2.10. The third-order valence-corrected chi connectivity index (χ3v) is 6.43.